The fourth-order valence-corrected chi connectivity index (χ4v) is 8.50. The lowest BCUT2D eigenvalue weighted by atomic mass is 9.47. The lowest BCUT2D eigenvalue weighted by Crippen LogP contribution is -3.12. The van der Waals surface area contributed by atoms with E-state index in [1.807, 2.05) is 6.08 Å². The van der Waals surface area contributed by atoms with Crippen molar-refractivity contribution in [2.24, 2.45) is 28.6 Å². The molecule has 1 aliphatic heterocycles. The monoisotopic (exact) mass is 428 g/mol. The number of likely N-dealkylation sites (tertiary alicyclic amines) is 1. The summed E-state index contributed by atoms with van der Waals surface area (Å²) in [5, 5.41) is 0. The summed E-state index contributed by atoms with van der Waals surface area (Å²) in [6.07, 6.45) is 15.4. The molecule has 5 rings (SSSR count). The molecule has 0 aromatic carbocycles. The Morgan fingerprint density at radius 1 is 1.03 bits per heavy atom. The van der Waals surface area contributed by atoms with Crippen LogP contribution in [-0.4, -0.2) is 37.5 Å². The summed E-state index contributed by atoms with van der Waals surface area (Å²) in [5.41, 5.74) is 1.82. The highest BCUT2D eigenvalue weighted by Crippen LogP contribution is 2.65. The van der Waals surface area contributed by atoms with Crippen molar-refractivity contribution < 1.29 is 19.2 Å². The molecule has 4 nitrogen and oxygen atoms in total. The number of quaternary nitrogens is 1. The van der Waals surface area contributed by atoms with E-state index in [9.17, 15) is 9.59 Å². The van der Waals surface area contributed by atoms with Crippen molar-refractivity contribution in [1.29, 1.82) is 0 Å². The predicted octanol–water partition coefficient (Wildman–Crippen LogP) is 3.89. The van der Waals surface area contributed by atoms with Crippen LogP contribution in [0, 0.1) is 28.6 Å². The third-order valence-electron chi connectivity index (χ3n) is 10.4. The van der Waals surface area contributed by atoms with E-state index in [1.54, 1.807) is 4.90 Å². The minimum Gasteiger partial charge on any atom is -0.462 e. The van der Waals surface area contributed by atoms with Crippen molar-refractivity contribution in [2.45, 2.75) is 97.0 Å². The molecule has 4 heteroatoms. The summed E-state index contributed by atoms with van der Waals surface area (Å²) in [7, 11) is 0. The van der Waals surface area contributed by atoms with Crippen LogP contribution >= 0.6 is 0 Å². The fourth-order valence-electron chi connectivity index (χ4n) is 8.50. The van der Waals surface area contributed by atoms with Gasteiger partial charge in [-0.1, -0.05) is 19.4 Å². The lowest BCUT2D eigenvalue weighted by Gasteiger charge is -2.57. The van der Waals surface area contributed by atoms with Gasteiger partial charge in [0.15, 0.2) is 5.78 Å². The van der Waals surface area contributed by atoms with Crippen LogP contribution in [0.25, 0.3) is 0 Å². The maximum absolute atomic E-state index is 12.7. The van der Waals surface area contributed by atoms with Gasteiger partial charge in [0.2, 0.25) is 0 Å². The Morgan fingerprint density at radius 3 is 2.65 bits per heavy atom. The van der Waals surface area contributed by atoms with E-state index in [2.05, 4.69) is 13.8 Å². The molecule has 6 atom stereocenters. The molecule has 1 N–H and O–H groups in total. The zero-order valence-electron chi connectivity index (χ0n) is 19.7. The first kappa shape index (κ1) is 21.7. The van der Waals surface area contributed by atoms with Gasteiger partial charge in [-0.25, -0.2) is 0 Å². The normalized spacial score (nSPS) is 42.9. The molecular weight excluding hydrogens is 386 g/mol. The number of esters is 1. The van der Waals surface area contributed by atoms with Gasteiger partial charge < -0.3 is 9.64 Å². The van der Waals surface area contributed by atoms with Crippen LogP contribution in [0.1, 0.15) is 90.9 Å². The van der Waals surface area contributed by atoms with Crippen molar-refractivity contribution in [3.8, 4) is 0 Å². The number of allylic oxidation sites excluding steroid dienone is 1. The van der Waals surface area contributed by atoms with Crippen LogP contribution in [0.2, 0.25) is 0 Å². The number of rotatable bonds is 4. The maximum Gasteiger partial charge on any atom is 0.311 e. The number of ketones is 1. The fraction of sp³-hybridized carbons (Fsp3) is 0.852. The second-order valence-electron chi connectivity index (χ2n) is 11.9. The van der Waals surface area contributed by atoms with Crippen LogP contribution in [0.15, 0.2) is 11.6 Å². The molecule has 0 unspecified atom stereocenters. The topological polar surface area (TPSA) is 47.8 Å². The van der Waals surface area contributed by atoms with E-state index in [4.69, 9.17) is 4.74 Å². The largest absolute Gasteiger partial charge is 0.462 e. The number of carbonyl (C=O) groups excluding carboxylic acids is 2. The minimum absolute atomic E-state index is 0.0405. The molecule has 172 valence electrons. The highest BCUT2D eigenvalue weighted by Gasteiger charge is 2.59. The molecule has 1 heterocycles. The lowest BCUT2D eigenvalue weighted by molar-refractivity contribution is -0.904. The molecule has 3 saturated carbocycles. The first-order valence-electron chi connectivity index (χ1n) is 13.2. The first-order chi connectivity index (χ1) is 14.9. The van der Waals surface area contributed by atoms with Gasteiger partial charge in [-0.2, -0.15) is 0 Å². The zero-order chi connectivity index (χ0) is 21.6. The van der Waals surface area contributed by atoms with Gasteiger partial charge in [0.1, 0.15) is 6.10 Å². The number of hydrogen-bond acceptors (Lipinski definition) is 3. The first-order valence-corrected chi connectivity index (χ1v) is 13.2. The highest BCUT2D eigenvalue weighted by molar-refractivity contribution is 5.91. The van der Waals surface area contributed by atoms with Gasteiger partial charge in [-0.3, -0.25) is 9.59 Å². The molecule has 0 bridgehead atoms. The second kappa shape index (κ2) is 8.32. The van der Waals surface area contributed by atoms with Crippen molar-refractivity contribution in [1.82, 2.24) is 0 Å². The van der Waals surface area contributed by atoms with Gasteiger partial charge >= 0.3 is 5.97 Å². The molecule has 0 amide bonds. The Balaban J connectivity index is 1.23. The summed E-state index contributed by atoms with van der Waals surface area (Å²) < 4.78 is 6.19. The standard InChI is InChI=1S/C27H41NO3/c1-26-13-10-20(29)18-19(26)6-7-21-22-8-9-24(27(22,2)14-11-23(21)26)31-25(30)12-17-28-15-4-3-5-16-28/h18,21-24H,3-17H2,1-2H3/p+1/t21-,22+,23+,24+,26+,27+/m1/s1. The smallest absolute Gasteiger partial charge is 0.311 e. The summed E-state index contributed by atoms with van der Waals surface area (Å²) in [4.78, 5) is 26.4. The van der Waals surface area contributed by atoms with E-state index >= 15 is 0 Å². The molecule has 0 radical (unpaired) electrons. The third kappa shape index (κ3) is 3.81. The highest BCUT2D eigenvalue weighted by atomic mass is 16.5. The quantitative estimate of drug-likeness (QED) is 0.691. The van der Waals surface area contributed by atoms with Crippen molar-refractivity contribution in [2.75, 3.05) is 19.6 Å². The van der Waals surface area contributed by atoms with E-state index in [0.717, 1.165) is 38.1 Å². The van der Waals surface area contributed by atoms with Crippen LogP contribution in [0.3, 0.4) is 0 Å². The van der Waals surface area contributed by atoms with E-state index in [0.29, 0.717) is 24.0 Å². The minimum atomic E-state index is 0.0405. The third-order valence-corrected chi connectivity index (χ3v) is 10.4. The van der Waals surface area contributed by atoms with Crippen molar-refractivity contribution >= 4 is 11.8 Å². The van der Waals surface area contributed by atoms with E-state index < -0.39 is 0 Å². The molecule has 5 aliphatic rings. The Kier molecular flexibility index (Phi) is 5.82. The molecule has 4 fully saturated rings. The number of ether oxygens (including phenoxy) is 1. The van der Waals surface area contributed by atoms with Crippen molar-refractivity contribution in [3.63, 3.8) is 0 Å². The molecule has 0 spiro atoms. The van der Waals surface area contributed by atoms with E-state index in [-0.39, 0.29) is 22.9 Å². The van der Waals surface area contributed by atoms with Crippen molar-refractivity contribution in [3.05, 3.63) is 11.6 Å². The zero-order valence-corrected chi connectivity index (χ0v) is 19.7. The Labute approximate surface area is 188 Å². The molecule has 0 aromatic heterocycles. The number of fused-ring (bicyclic) bond motifs is 5. The molecular formula is C27H42NO3+. The number of carbonyl (C=O) groups is 2. The van der Waals surface area contributed by atoms with Gasteiger partial charge in [-0.15, -0.1) is 0 Å². The molecule has 1 saturated heterocycles. The maximum atomic E-state index is 12.7. The van der Waals surface area contributed by atoms with Crippen LogP contribution in [0.4, 0.5) is 0 Å². The summed E-state index contributed by atoms with van der Waals surface area (Å²) in [6.45, 7) is 8.26. The summed E-state index contributed by atoms with van der Waals surface area (Å²) >= 11 is 0. The van der Waals surface area contributed by atoms with E-state index in [1.165, 1.54) is 63.6 Å². The number of piperidine rings is 1. The van der Waals surface area contributed by atoms with Crippen LogP contribution in [-0.2, 0) is 14.3 Å². The summed E-state index contributed by atoms with van der Waals surface area (Å²) in [5.74, 6) is 2.49. The molecule has 4 aliphatic carbocycles. The summed E-state index contributed by atoms with van der Waals surface area (Å²) in [6, 6.07) is 0. The van der Waals surface area contributed by atoms with Gasteiger partial charge in [0.05, 0.1) is 26.1 Å². The Hall–Kier alpha value is -1.16. The predicted molar refractivity (Wildman–Crippen MR) is 121 cm³/mol. The van der Waals surface area contributed by atoms with Gasteiger partial charge in [0.25, 0.3) is 0 Å². The van der Waals surface area contributed by atoms with Crippen LogP contribution < -0.4 is 4.90 Å². The molecule has 31 heavy (non-hydrogen) atoms. The Morgan fingerprint density at radius 2 is 1.84 bits per heavy atom. The Bertz CT molecular complexity index is 754. The molecule has 0 aromatic rings. The average molecular weight is 429 g/mol. The number of hydrogen-bond donors (Lipinski definition) is 1. The van der Waals surface area contributed by atoms with Crippen LogP contribution in [0.5, 0.6) is 0 Å². The van der Waals surface area contributed by atoms with Gasteiger partial charge in [-0.05, 0) is 93.5 Å². The SMILES string of the molecule is C[C@]12CC[C@H]3[C@H](CCC4=CC(=O)CC[C@@]43C)[C@@H]1CC[C@@H]2OC(=O)CC[NH+]1CCCCC1. The second-order valence-corrected chi connectivity index (χ2v) is 11.9. The number of nitrogens with one attached hydrogen (secondary N) is 1. The average Bonchev–Trinajstić information content (AvgIpc) is 3.10. The van der Waals surface area contributed by atoms with Gasteiger partial charge in [0, 0.05) is 11.8 Å².